The number of hydrogen-bond donors (Lipinski definition) is 0. The predicted octanol–water partition coefficient (Wildman–Crippen LogP) is 25.0. The molecule has 5 unspecified atom stereocenters. The van der Waals surface area contributed by atoms with Crippen molar-refractivity contribution in [3.8, 4) is 0 Å². The summed E-state index contributed by atoms with van der Waals surface area (Å²) in [6, 6.07) is 30.7. The first-order valence-corrected chi connectivity index (χ1v) is 57.5. The summed E-state index contributed by atoms with van der Waals surface area (Å²) in [5, 5.41) is 3.89. The van der Waals surface area contributed by atoms with Crippen LogP contribution in [0.15, 0.2) is 120 Å². The molecule has 22 fully saturated rings. The summed E-state index contributed by atoms with van der Waals surface area (Å²) >= 11 is 3.31. The largest absolute Gasteiger partial charge is 0.462 e. The molecule has 10 bridgehead atoms. The van der Waals surface area contributed by atoms with E-state index in [1.165, 1.54) is 54.4 Å². The molecule has 5 saturated carbocycles. The summed E-state index contributed by atoms with van der Waals surface area (Å²) < 4.78 is 89.2. The van der Waals surface area contributed by atoms with Gasteiger partial charge in [-0.25, -0.2) is 63.5 Å². The second-order valence-corrected chi connectivity index (χ2v) is 50.4. The van der Waals surface area contributed by atoms with Crippen molar-refractivity contribution in [2.45, 2.75) is 398 Å². The number of thiazole rings is 2. The van der Waals surface area contributed by atoms with Crippen molar-refractivity contribution in [2.24, 2.45) is 107 Å². The molecule has 17 saturated heterocycles. The molecule has 29 heteroatoms. The number of ether oxygens (including phenoxy) is 14. The molecule has 0 amide bonds. The van der Waals surface area contributed by atoms with Crippen molar-refractivity contribution < 1.29 is 120 Å². The van der Waals surface area contributed by atoms with Gasteiger partial charge >= 0.3 is 17.9 Å². The van der Waals surface area contributed by atoms with Gasteiger partial charge in [0, 0.05) is 79.2 Å². The topological polar surface area (TPSA) is 280 Å². The molecule has 19 aliphatic heterocycles. The standard InChI is InChI=1S/3C26H36O6.C22H25NO4S.C18H23NO3S/c1-16-7-5-8-19(15-16)23(27)28-14-6-9-22-18(3)21-11-10-17(2)20-12-13-25(4)30-24(29-22)26(20,21)32-31-25;1-16-7-10-19(11-8-16)23(27)28-15-5-6-22-18(3)21-12-9-17(2)20-13-14-25(4)30-24(29-22)26(20,21)32-31-25;1-16-8-5-6-9-19(16)23(27)28-15-7-10-22-18(3)21-12-11-17(2)20-13-14-25(4)30-24(29-22)26(20,21)32-31-25;1-12-8-9-15-13(2)18(19-23-16-6-4-5-7-17(16)28-19)24-20-22(15)14(12)10-11-21(3,25-20)26-27-22;1-10-4-5-13-11(2)14(15-19-8-9-23-15)20-16-18(13)12(10)6-7-17(3,21-16)22-18/h5,7-8,15,17-18,20-22,24H,6,9-14H2,1-4H3;7-8,10-11,17-18,20-22,24H,5-6,9,12-15H2,1-4H3;5-6,8-9,17-18,20-22,24H,7,10-15H2,1-4H3;4-7,12,14-15,20H,8-11H2,1-3H3;8-10,12-13,16H,4-7H2,1-3H3/t3*17-,18-,20+,21+,22-,24?,25-,26-;12-,14+,15+,20?,21-,22-;10-,12+,13+,16?,17-,18-/m11111/s1. The lowest BCUT2D eigenvalue weighted by atomic mass is 9.57. The number of rotatable bonds is 17. The summed E-state index contributed by atoms with van der Waals surface area (Å²) in [6.45, 7) is 39.8. The number of aryl methyl sites for hydroxylation is 3. The van der Waals surface area contributed by atoms with E-state index in [1.54, 1.807) is 28.7 Å². The molecule has 800 valence electrons. The molecule has 6 aromatic rings. The van der Waals surface area contributed by atoms with Gasteiger partial charge in [-0.1, -0.05) is 121 Å². The lowest BCUT2D eigenvalue weighted by molar-refractivity contribution is -0.571. The van der Waals surface area contributed by atoms with Gasteiger partial charge in [0.2, 0.25) is 35.7 Å². The molecule has 5 aliphatic carbocycles. The molecule has 0 radical (unpaired) electrons. The van der Waals surface area contributed by atoms with Gasteiger partial charge in [0.25, 0.3) is 0 Å². The predicted molar refractivity (Wildman–Crippen MR) is 546 cm³/mol. The van der Waals surface area contributed by atoms with Gasteiger partial charge in [0.05, 0.1) is 65.0 Å². The molecule has 5 spiro atoms. The molecular weight excluding hydrogens is 1910 g/mol. The number of fused-ring (bicyclic) bond motifs is 10. The highest BCUT2D eigenvalue weighted by Crippen LogP contribution is 2.69. The highest BCUT2D eigenvalue weighted by atomic mass is 32.1. The highest BCUT2D eigenvalue weighted by Gasteiger charge is 2.76. The summed E-state index contributed by atoms with van der Waals surface area (Å²) in [7, 11) is 0. The van der Waals surface area contributed by atoms with E-state index in [-0.39, 0.29) is 54.0 Å². The van der Waals surface area contributed by atoms with Crippen LogP contribution in [-0.2, 0) is 105 Å². The summed E-state index contributed by atoms with van der Waals surface area (Å²) in [6.07, 6.45) is 25.9. The zero-order valence-corrected chi connectivity index (χ0v) is 91.0. The third-order valence-corrected chi connectivity index (χ3v) is 41.0. The van der Waals surface area contributed by atoms with Crippen LogP contribution in [0.4, 0.5) is 0 Å². The van der Waals surface area contributed by atoms with Gasteiger partial charge in [0.15, 0.2) is 68.6 Å². The van der Waals surface area contributed by atoms with Crippen LogP contribution in [0.1, 0.15) is 329 Å². The summed E-state index contributed by atoms with van der Waals surface area (Å²) in [5.41, 5.74) is 6.06. The zero-order valence-electron chi connectivity index (χ0n) is 89.3. The van der Waals surface area contributed by atoms with Crippen molar-refractivity contribution in [1.29, 1.82) is 0 Å². The molecule has 21 heterocycles. The van der Waals surface area contributed by atoms with E-state index in [4.69, 9.17) is 110 Å². The van der Waals surface area contributed by atoms with Crippen LogP contribution < -0.4 is 0 Å². The van der Waals surface area contributed by atoms with Crippen molar-refractivity contribution >= 4 is 62.3 Å². The van der Waals surface area contributed by atoms with E-state index in [0.29, 0.717) is 137 Å². The van der Waals surface area contributed by atoms with Gasteiger partial charge in [0.1, 0.15) is 5.60 Å². The van der Waals surface area contributed by atoms with E-state index in [1.807, 2.05) is 133 Å². The van der Waals surface area contributed by atoms with Crippen LogP contribution in [0.25, 0.3) is 21.7 Å². The first-order chi connectivity index (χ1) is 70.5. The SMILES string of the molecule is CC1=C(c2nc3ccccc3s2)OC2O[C@@]3(C)CC[C@H]4[C@H](C)CC[C@@H]1[C@@]24OO3.CC1=C(c2nccs2)OC2O[C@@]3(C)CC[C@H]4[C@H](C)CC[C@@H]1[C@@]24O3.Cc1ccc(C(=O)OCCC[C@H]2OC3O[C@@]4(C)CC[C@H]5[C@H](C)CC[C@@H]([C@H]2C)[C@@]35OO4)cc1.Cc1cccc(C(=O)OCCC[C@H]2OC3O[C@@]4(C)CC[C@H]5[C@H](C)CC[C@@H]([C@H]2C)[C@@]35OO4)c1.Cc1ccccc1C(=O)OCCC[C@H]1OC2O[C@@]3(C)CC[C@H]4[C@H](C)CC[C@@H]([C@H]1C)[C@@]24OO3. The number of esters is 3. The third-order valence-electron chi connectivity index (χ3n) is 39.2. The van der Waals surface area contributed by atoms with Crippen LogP contribution in [-0.4, -0.2) is 154 Å². The van der Waals surface area contributed by atoms with E-state index < -0.39 is 76.5 Å². The fourth-order valence-corrected chi connectivity index (χ4v) is 32.7. The number of para-hydroxylation sites is 1. The molecule has 0 N–H and O–H groups in total. The normalized spacial score (nSPS) is 43.5. The fraction of sp³-hybridized carbons (Fsp3) is 0.703. The number of hydrogen-bond acceptors (Lipinski definition) is 29. The number of carbonyl (C=O) groups is 3. The van der Waals surface area contributed by atoms with Crippen molar-refractivity contribution in [2.75, 3.05) is 19.8 Å². The molecule has 24 aliphatic rings. The zero-order chi connectivity index (χ0) is 102. The average Bonchev–Trinajstić information content (AvgIpc) is 1.45. The van der Waals surface area contributed by atoms with Crippen LogP contribution in [0.2, 0.25) is 0 Å². The Morgan fingerprint density at radius 2 is 0.776 bits per heavy atom. The van der Waals surface area contributed by atoms with E-state index >= 15 is 0 Å². The van der Waals surface area contributed by atoms with Gasteiger partial charge in [-0.2, -0.15) is 0 Å². The van der Waals surface area contributed by atoms with Crippen molar-refractivity contribution in [3.63, 3.8) is 0 Å². The first-order valence-electron chi connectivity index (χ1n) is 55.8. The minimum Gasteiger partial charge on any atom is -0.462 e. The average molecular weight is 2070 g/mol. The van der Waals surface area contributed by atoms with Crippen LogP contribution in [0.3, 0.4) is 0 Å². The van der Waals surface area contributed by atoms with Crippen LogP contribution in [0.5, 0.6) is 0 Å². The highest BCUT2D eigenvalue weighted by molar-refractivity contribution is 7.19. The van der Waals surface area contributed by atoms with Gasteiger partial charge < -0.3 is 66.3 Å². The quantitative estimate of drug-likeness (QED) is 0.0355. The minimum atomic E-state index is -0.749. The fourth-order valence-electron chi connectivity index (χ4n) is 31.0. The summed E-state index contributed by atoms with van der Waals surface area (Å²) in [4.78, 5) is 94.7. The Hall–Kier alpha value is -6.79. The van der Waals surface area contributed by atoms with Crippen LogP contribution in [0, 0.1) is 127 Å². The number of carbonyl (C=O) groups excluding carboxylic acids is 3. The summed E-state index contributed by atoms with van der Waals surface area (Å²) in [5.74, 6) is 5.07. The Labute approximate surface area is 874 Å². The van der Waals surface area contributed by atoms with Crippen LogP contribution >= 0.6 is 22.7 Å². The Morgan fingerprint density at radius 3 is 1.24 bits per heavy atom. The molecule has 147 heavy (non-hydrogen) atoms. The molecule has 36 atom stereocenters. The molecule has 2 aromatic heterocycles. The Balaban J connectivity index is 0.000000105. The van der Waals surface area contributed by atoms with Gasteiger partial charge in [-0.3, -0.25) is 0 Å². The molecular formula is C118H156N2O25S2. The smallest absolute Gasteiger partial charge is 0.338 e. The Morgan fingerprint density at radius 1 is 0.374 bits per heavy atom. The maximum absolute atomic E-state index is 12.4. The number of aromatic nitrogens is 2. The second-order valence-electron chi connectivity index (χ2n) is 48.4. The number of nitrogens with zero attached hydrogens (tertiary/aromatic N) is 2. The van der Waals surface area contributed by atoms with Crippen molar-refractivity contribution in [1.82, 2.24) is 9.97 Å². The molecule has 4 aromatic carbocycles. The van der Waals surface area contributed by atoms with E-state index in [9.17, 15) is 14.4 Å². The maximum Gasteiger partial charge on any atom is 0.338 e. The molecule has 27 nitrogen and oxygen atoms in total. The number of benzene rings is 4. The second kappa shape index (κ2) is 40.8. The molecule has 30 rings (SSSR count). The van der Waals surface area contributed by atoms with Gasteiger partial charge in [-0.15, -0.1) is 22.7 Å². The van der Waals surface area contributed by atoms with Gasteiger partial charge in [-0.05, 0) is 334 Å². The maximum atomic E-state index is 12.4. The van der Waals surface area contributed by atoms with E-state index in [2.05, 4.69) is 99.3 Å². The minimum absolute atomic E-state index is 0.0494. The first kappa shape index (κ1) is 105. The lowest BCUT2D eigenvalue weighted by Crippen LogP contribution is -2.70. The Bertz CT molecular complexity index is 5790. The monoisotopic (exact) mass is 2070 g/mol. The Kier molecular flexibility index (Phi) is 29.0. The lowest BCUT2D eigenvalue weighted by Gasteiger charge is -2.60. The van der Waals surface area contributed by atoms with E-state index in [0.717, 1.165) is 172 Å². The van der Waals surface area contributed by atoms with Crippen molar-refractivity contribution in [3.05, 3.63) is 163 Å². The third kappa shape index (κ3) is 18.6.